The van der Waals surface area contributed by atoms with E-state index in [0.29, 0.717) is 11.5 Å². The van der Waals surface area contributed by atoms with Gasteiger partial charge in [0.25, 0.3) is 11.5 Å². The average Bonchev–Trinajstić information content (AvgIpc) is 3.03. The molecule has 3 aromatic rings. The molecule has 0 radical (unpaired) electrons. The molecule has 2 N–H and O–H groups in total. The van der Waals surface area contributed by atoms with Crippen molar-refractivity contribution >= 4 is 5.91 Å². The van der Waals surface area contributed by atoms with E-state index >= 15 is 0 Å². The van der Waals surface area contributed by atoms with Gasteiger partial charge in [-0.15, -0.1) is 0 Å². The van der Waals surface area contributed by atoms with Gasteiger partial charge in [0.15, 0.2) is 5.76 Å². The SMILES string of the molecule is Cc1ccc(-c2cc(CNC(=O)c3ccc(=O)[nH]n3)no2)cc1. The van der Waals surface area contributed by atoms with Crippen LogP contribution >= 0.6 is 0 Å². The van der Waals surface area contributed by atoms with Gasteiger partial charge < -0.3 is 9.84 Å². The first-order valence-electron chi connectivity index (χ1n) is 6.98. The van der Waals surface area contributed by atoms with Crippen LogP contribution in [-0.4, -0.2) is 21.3 Å². The fourth-order valence-corrected chi connectivity index (χ4v) is 1.98. The van der Waals surface area contributed by atoms with E-state index in [1.807, 2.05) is 31.2 Å². The van der Waals surface area contributed by atoms with Crippen molar-refractivity contribution in [2.24, 2.45) is 0 Å². The number of aromatic amines is 1. The molecule has 0 atom stereocenters. The molecule has 0 bridgehead atoms. The van der Waals surface area contributed by atoms with E-state index in [-0.39, 0.29) is 17.8 Å². The number of nitrogens with one attached hydrogen (secondary N) is 2. The summed E-state index contributed by atoms with van der Waals surface area (Å²) in [5.74, 6) is 0.234. The van der Waals surface area contributed by atoms with Crippen LogP contribution in [0.1, 0.15) is 21.7 Å². The van der Waals surface area contributed by atoms with Gasteiger partial charge in [-0.25, -0.2) is 5.10 Å². The molecule has 0 aliphatic carbocycles. The third-order valence-electron chi connectivity index (χ3n) is 3.24. The Balaban J connectivity index is 1.65. The molecule has 0 spiro atoms. The van der Waals surface area contributed by atoms with Crippen LogP contribution in [0.3, 0.4) is 0 Å². The topological polar surface area (TPSA) is 101 Å². The molecule has 1 amide bonds. The number of benzene rings is 1. The molecule has 7 heteroatoms. The Bertz CT molecular complexity index is 860. The lowest BCUT2D eigenvalue weighted by atomic mass is 10.1. The standard InChI is InChI=1S/C16H14N4O3/c1-10-2-4-11(5-3-10)14-8-12(20-23-14)9-17-16(22)13-6-7-15(21)19-18-13/h2-8H,9H2,1H3,(H,17,22)(H,19,21). The van der Waals surface area contributed by atoms with Gasteiger partial charge in [-0.3, -0.25) is 9.59 Å². The Kier molecular flexibility index (Phi) is 4.01. The minimum Gasteiger partial charge on any atom is -0.356 e. The predicted molar refractivity (Wildman–Crippen MR) is 82.7 cm³/mol. The number of aryl methyl sites for hydroxylation is 1. The number of hydrogen-bond acceptors (Lipinski definition) is 5. The lowest BCUT2D eigenvalue weighted by molar-refractivity contribution is 0.0944. The van der Waals surface area contributed by atoms with Gasteiger partial charge in [0, 0.05) is 17.7 Å². The van der Waals surface area contributed by atoms with Gasteiger partial charge in [0.2, 0.25) is 0 Å². The lowest BCUT2D eigenvalue weighted by Crippen LogP contribution is -2.25. The van der Waals surface area contributed by atoms with E-state index in [4.69, 9.17) is 4.52 Å². The third-order valence-corrected chi connectivity index (χ3v) is 3.24. The molecule has 0 unspecified atom stereocenters. The fourth-order valence-electron chi connectivity index (χ4n) is 1.98. The number of nitrogens with zero attached hydrogens (tertiary/aromatic N) is 2. The zero-order valence-corrected chi connectivity index (χ0v) is 12.4. The zero-order chi connectivity index (χ0) is 16.2. The van der Waals surface area contributed by atoms with Crippen molar-refractivity contribution in [1.29, 1.82) is 0 Å². The average molecular weight is 310 g/mol. The summed E-state index contributed by atoms with van der Waals surface area (Å²) in [6.45, 7) is 2.21. The van der Waals surface area contributed by atoms with E-state index in [0.717, 1.165) is 11.1 Å². The smallest absolute Gasteiger partial charge is 0.272 e. The van der Waals surface area contributed by atoms with Crippen molar-refractivity contribution in [2.45, 2.75) is 13.5 Å². The maximum Gasteiger partial charge on any atom is 0.272 e. The van der Waals surface area contributed by atoms with Crippen molar-refractivity contribution in [2.75, 3.05) is 0 Å². The molecular weight excluding hydrogens is 296 g/mol. The Morgan fingerprint density at radius 3 is 2.70 bits per heavy atom. The van der Waals surface area contributed by atoms with Crippen LogP contribution < -0.4 is 10.9 Å². The summed E-state index contributed by atoms with van der Waals surface area (Å²) < 4.78 is 5.28. The Hall–Kier alpha value is -3.22. The quantitative estimate of drug-likeness (QED) is 0.763. The number of hydrogen-bond donors (Lipinski definition) is 2. The van der Waals surface area contributed by atoms with E-state index in [1.54, 1.807) is 6.07 Å². The summed E-state index contributed by atoms with van der Waals surface area (Å²) in [7, 11) is 0. The van der Waals surface area contributed by atoms with Crippen molar-refractivity contribution in [1.82, 2.24) is 20.7 Å². The van der Waals surface area contributed by atoms with E-state index in [9.17, 15) is 9.59 Å². The van der Waals surface area contributed by atoms with Gasteiger partial charge in [-0.2, -0.15) is 5.10 Å². The van der Waals surface area contributed by atoms with Crippen molar-refractivity contribution in [3.05, 3.63) is 69.8 Å². The monoisotopic (exact) mass is 310 g/mol. The molecule has 2 aromatic heterocycles. The van der Waals surface area contributed by atoms with Crippen LogP contribution in [0.4, 0.5) is 0 Å². The molecular formula is C16H14N4O3. The zero-order valence-electron chi connectivity index (χ0n) is 12.4. The van der Waals surface area contributed by atoms with Gasteiger partial charge in [-0.05, 0) is 13.0 Å². The minimum atomic E-state index is -0.402. The first-order valence-corrected chi connectivity index (χ1v) is 6.98. The molecule has 0 fully saturated rings. The second-order valence-corrected chi connectivity index (χ2v) is 5.04. The van der Waals surface area contributed by atoms with Crippen LogP contribution in [-0.2, 0) is 6.54 Å². The number of carbonyl (C=O) groups is 1. The third kappa shape index (κ3) is 3.52. The Morgan fingerprint density at radius 2 is 2.00 bits per heavy atom. The summed E-state index contributed by atoms with van der Waals surface area (Å²) in [6, 6.07) is 12.2. The number of amides is 1. The predicted octanol–water partition coefficient (Wildman–Crippen LogP) is 1.66. The normalized spacial score (nSPS) is 10.5. The van der Waals surface area contributed by atoms with Crippen LogP contribution in [0.5, 0.6) is 0 Å². The molecule has 1 aromatic carbocycles. The maximum atomic E-state index is 11.9. The van der Waals surface area contributed by atoms with Gasteiger partial charge in [-0.1, -0.05) is 35.0 Å². The first kappa shape index (κ1) is 14.7. The van der Waals surface area contributed by atoms with Crippen LogP contribution in [0.15, 0.2) is 51.8 Å². The Labute approximate surface area is 131 Å². The summed E-state index contributed by atoms with van der Waals surface area (Å²) in [5, 5.41) is 12.5. The molecule has 3 rings (SSSR count). The lowest BCUT2D eigenvalue weighted by Gasteiger charge is -2.00. The summed E-state index contributed by atoms with van der Waals surface area (Å²) >= 11 is 0. The van der Waals surface area contributed by atoms with E-state index in [1.165, 1.54) is 12.1 Å². The minimum absolute atomic E-state index is 0.131. The molecule has 0 aliphatic heterocycles. The number of carbonyl (C=O) groups excluding carboxylic acids is 1. The molecule has 0 saturated carbocycles. The van der Waals surface area contributed by atoms with Crippen molar-refractivity contribution < 1.29 is 9.32 Å². The molecule has 2 heterocycles. The molecule has 116 valence electrons. The van der Waals surface area contributed by atoms with Crippen molar-refractivity contribution in [3.8, 4) is 11.3 Å². The number of H-pyrrole nitrogens is 1. The summed E-state index contributed by atoms with van der Waals surface area (Å²) in [4.78, 5) is 22.8. The summed E-state index contributed by atoms with van der Waals surface area (Å²) in [5.41, 5.74) is 2.45. The molecule has 23 heavy (non-hydrogen) atoms. The van der Waals surface area contributed by atoms with Gasteiger partial charge in [0.05, 0.1) is 6.54 Å². The summed E-state index contributed by atoms with van der Waals surface area (Å²) in [6.07, 6.45) is 0. The fraction of sp³-hybridized carbons (Fsp3) is 0.125. The molecule has 0 aliphatic rings. The maximum absolute atomic E-state index is 11.9. The first-order chi connectivity index (χ1) is 11.1. The van der Waals surface area contributed by atoms with Crippen molar-refractivity contribution in [3.63, 3.8) is 0 Å². The van der Waals surface area contributed by atoms with Gasteiger partial charge in [0.1, 0.15) is 11.4 Å². The number of aromatic nitrogens is 3. The largest absolute Gasteiger partial charge is 0.356 e. The highest BCUT2D eigenvalue weighted by atomic mass is 16.5. The van der Waals surface area contributed by atoms with Crippen LogP contribution in [0, 0.1) is 6.92 Å². The highest BCUT2D eigenvalue weighted by Gasteiger charge is 2.10. The number of rotatable bonds is 4. The Morgan fingerprint density at radius 1 is 1.22 bits per heavy atom. The highest BCUT2D eigenvalue weighted by Crippen LogP contribution is 2.20. The van der Waals surface area contributed by atoms with E-state index in [2.05, 4.69) is 20.7 Å². The molecule has 7 nitrogen and oxygen atoms in total. The van der Waals surface area contributed by atoms with E-state index < -0.39 is 5.91 Å². The second kappa shape index (κ2) is 6.27. The highest BCUT2D eigenvalue weighted by molar-refractivity contribution is 5.91. The van der Waals surface area contributed by atoms with Crippen LogP contribution in [0.2, 0.25) is 0 Å². The van der Waals surface area contributed by atoms with Crippen LogP contribution in [0.25, 0.3) is 11.3 Å². The molecule has 0 saturated heterocycles. The van der Waals surface area contributed by atoms with Gasteiger partial charge >= 0.3 is 0 Å². The second-order valence-electron chi connectivity index (χ2n) is 5.04.